The summed E-state index contributed by atoms with van der Waals surface area (Å²) in [5.74, 6) is 0.407. The third kappa shape index (κ3) is 3.17. The van der Waals surface area contributed by atoms with Crippen molar-refractivity contribution in [2.45, 2.75) is 0 Å². The second kappa shape index (κ2) is 5.67. The number of hydrogen-bond acceptors (Lipinski definition) is 4. The molecule has 1 rings (SSSR count). The van der Waals surface area contributed by atoms with Crippen LogP contribution in [0.4, 0.5) is 0 Å². The molecule has 0 aliphatic heterocycles. The third-order valence-corrected chi connectivity index (χ3v) is 0.736. The molecule has 0 atom stereocenters. The number of aliphatic hydroxyl groups excluding tert-OH is 1. The Bertz CT molecular complexity index is 156. The second-order valence-electron chi connectivity index (χ2n) is 1.38. The van der Waals surface area contributed by atoms with Crippen molar-refractivity contribution in [2.24, 2.45) is 0 Å². The summed E-state index contributed by atoms with van der Waals surface area (Å²) < 4.78 is 4.84. The molecule has 0 amide bonds. The molecule has 0 saturated heterocycles. The van der Waals surface area contributed by atoms with Crippen molar-refractivity contribution in [2.75, 3.05) is 13.2 Å². The summed E-state index contributed by atoms with van der Waals surface area (Å²) >= 11 is 0. The maximum absolute atomic E-state index is 8.28. The molecule has 0 aromatic carbocycles. The average Bonchev–Trinajstić information content (AvgIpc) is 2.34. The molecule has 1 aromatic heterocycles. The fraction of sp³-hybridized carbons (Fsp3) is 0.500. The Hall–Kier alpha value is -0.1000. The molecule has 0 unspecified atom stereocenters. The maximum atomic E-state index is 8.28. The van der Waals surface area contributed by atoms with Crippen LogP contribution >= 0.6 is 0 Å². The van der Waals surface area contributed by atoms with Gasteiger partial charge in [-0.05, 0) is 0 Å². The van der Waals surface area contributed by atoms with Crippen LogP contribution in [0.1, 0.15) is 0 Å². The molecule has 0 radical (unpaired) electrons. The number of nitrogens with zero attached hydrogens (tertiary/aromatic N) is 2. The number of hydrogen-bond donors (Lipinski definition) is 2. The van der Waals surface area contributed by atoms with E-state index in [1.54, 1.807) is 0 Å². The number of rotatable bonds is 3. The van der Waals surface area contributed by atoms with Gasteiger partial charge in [-0.15, -0.1) is 0 Å². The molecule has 0 bridgehead atoms. The number of aromatic nitrogens is 3. The third-order valence-electron chi connectivity index (χ3n) is 0.736. The van der Waals surface area contributed by atoms with Crippen LogP contribution in [0, 0.1) is 0 Å². The van der Waals surface area contributed by atoms with Gasteiger partial charge < -0.3 is 9.84 Å². The van der Waals surface area contributed by atoms with Gasteiger partial charge in [0, 0.05) is 0 Å². The van der Waals surface area contributed by atoms with Gasteiger partial charge in [-0.1, -0.05) is 10.3 Å². The van der Waals surface area contributed by atoms with Crippen LogP contribution in [0.5, 0.6) is 5.88 Å². The van der Waals surface area contributed by atoms with E-state index in [2.05, 4.69) is 15.4 Å². The van der Waals surface area contributed by atoms with E-state index in [4.69, 9.17) is 9.84 Å². The Balaban J connectivity index is 0.000000810. The van der Waals surface area contributed by atoms with E-state index in [-0.39, 0.29) is 42.8 Å². The Morgan fingerprint density at radius 3 is 3.00 bits per heavy atom. The van der Waals surface area contributed by atoms with Crippen LogP contribution in [0.15, 0.2) is 6.20 Å². The first-order valence-electron chi connectivity index (χ1n) is 2.53. The monoisotopic (exact) mass is 153 g/mol. The van der Waals surface area contributed by atoms with Gasteiger partial charge in [-0.3, -0.25) is 5.10 Å². The molecule has 1 aromatic rings. The number of aromatic amines is 1. The predicted octanol–water partition coefficient (Wildman–Crippen LogP) is -1.47. The Morgan fingerprint density at radius 1 is 1.70 bits per heavy atom. The Morgan fingerprint density at radius 2 is 2.50 bits per heavy atom. The first kappa shape index (κ1) is 9.90. The van der Waals surface area contributed by atoms with E-state index in [9.17, 15) is 0 Å². The summed E-state index contributed by atoms with van der Waals surface area (Å²) in [4.78, 5) is 0. The van der Waals surface area contributed by atoms with E-state index in [1.165, 1.54) is 6.20 Å². The van der Waals surface area contributed by atoms with E-state index in [0.717, 1.165) is 0 Å². The Kier molecular flexibility index (Phi) is 5.61. The van der Waals surface area contributed by atoms with Crippen LogP contribution in [-0.4, -0.2) is 63.3 Å². The fourth-order valence-electron chi connectivity index (χ4n) is 0.412. The molecule has 0 aliphatic carbocycles. The van der Waals surface area contributed by atoms with Gasteiger partial charge in [0.1, 0.15) is 6.61 Å². The number of ether oxygens (including phenoxy) is 1. The topological polar surface area (TPSA) is 71.0 Å². The summed E-state index contributed by atoms with van der Waals surface area (Å²) in [7, 11) is 0. The van der Waals surface area contributed by atoms with E-state index >= 15 is 0 Å². The van der Waals surface area contributed by atoms with Crippen molar-refractivity contribution in [3.63, 3.8) is 0 Å². The summed E-state index contributed by atoms with van der Waals surface area (Å²) in [6.45, 7) is 0.249. The van der Waals surface area contributed by atoms with Crippen molar-refractivity contribution in [3.8, 4) is 5.88 Å². The molecule has 1 heterocycles. The standard InChI is InChI=1S/C4H7N3O2.Na.H/c8-1-2-9-4-3-5-7-6-4;;/h3,8H,1-2H2,(H,5,6,7);;. The zero-order valence-corrected chi connectivity index (χ0v) is 4.74. The van der Waals surface area contributed by atoms with Crippen LogP contribution in [0.3, 0.4) is 0 Å². The van der Waals surface area contributed by atoms with E-state index in [1.807, 2.05) is 0 Å². The second-order valence-corrected chi connectivity index (χ2v) is 1.38. The van der Waals surface area contributed by atoms with Gasteiger partial charge in [-0.2, -0.15) is 0 Å². The van der Waals surface area contributed by atoms with Crippen LogP contribution in [0.2, 0.25) is 0 Å². The average molecular weight is 153 g/mol. The van der Waals surface area contributed by atoms with Gasteiger partial charge in [-0.25, -0.2) is 0 Å². The summed E-state index contributed by atoms with van der Waals surface area (Å²) in [5, 5.41) is 17.7. The molecule has 10 heavy (non-hydrogen) atoms. The van der Waals surface area contributed by atoms with Crippen molar-refractivity contribution in [1.29, 1.82) is 0 Å². The summed E-state index contributed by atoms with van der Waals surface area (Å²) in [6.07, 6.45) is 1.51. The molecule has 5 nitrogen and oxygen atoms in total. The normalized spacial score (nSPS) is 8.50. The Labute approximate surface area is 80.1 Å². The van der Waals surface area contributed by atoms with E-state index in [0.29, 0.717) is 5.88 Å². The fourth-order valence-corrected chi connectivity index (χ4v) is 0.412. The van der Waals surface area contributed by atoms with Gasteiger partial charge >= 0.3 is 29.6 Å². The number of nitrogens with one attached hydrogen (secondary N) is 1. The summed E-state index contributed by atoms with van der Waals surface area (Å²) in [5.41, 5.74) is 0. The molecule has 0 fully saturated rings. The molecular formula is C4H8N3NaO2. The van der Waals surface area contributed by atoms with Gasteiger partial charge in [0.05, 0.1) is 12.8 Å². The molecule has 6 heteroatoms. The number of aliphatic hydroxyl groups is 1. The SMILES string of the molecule is OCCOc1c[nH]nn1.[NaH]. The first-order valence-corrected chi connectivity index (χ1v) is 2.53. The van der Waals surface area contributed by atoms with Crippen molar-refractivity contribution in [1.82, 2.24) is 15.4 Å². The van der Waals surface area contributed by atoms with E-state index < -0.39 is 0 Å². The van der Waals surface area contributed by atoms with Gasteiger partial charge in [0.25, 0.3) is 5.88 Å². The molecule has 0 aliphatic rings. The molecule has 0 saturated carbocycles. The first-order chi connectivity index (χ1) is 4.43. The van der Waals surface area contributed by atoms with Crippen molar-refractivity contribution < 1.29 is 9.84 Å². The molecular weight excluding hydrogens is 145 g/mol. The zero-order chi connectivity index (χ0) is 6.53. The molecule has 52 valence electrons. The van der Waals surface area contributed by atoms with Gasteiger partial charge in [0.15, 0.2) is 0 Å². The number of H-pyrrole nitrogens is 1. The van der Waals surface area contributed by atoms with Crippen LogP contribution < -0.4 is 4.74 Å². The molecule has 0 spiro atoms. The zero-order valence-electron chi connectivity index (χ0n) is 4.74. The van der Waals surface area contributed by atoms with Crippen LogP contribution in [-0.2, 0) is 0 Å². The van der Waals surface area contributed by atoms with Crippen molar-refractivity contribution >= 4 is 29.6 Å². The minimum absolute atomic E-state index is 0. The molecule has 2 N–H and O–H groups in total. The van der Waals surface area contributed by atoms with Gasteiger partial charge in [0.2, 0.25) is 0 Å². The minimum atomic E-state index is -0.00708. The van der Waals surface area contributed by atoms with Crippen LogP contribution in [0.25, 0.3) is 0 Å². The van der Waals surface area contributed by atoms with Crippen molar-refractivity contribution in [3.05, 3.63) is 6.20 Å². The quantitative estimate of drug-likeness (QED) is 0.520. The summed E-state index contributed by atoms with van der Waals surface area (Å²) in [6, 6.07) is 0. The predicted molar refractivity (Wildman–Crippen MR) is 36.1 cm³/mol.